The summed E-state index contributed by atoms with van der Waals surface area (Å²) in [6, 6.07) is 26.2. The Bertz CT molecular complexity index is 1970. The number of hydrogen-bond acceptors (Lipinski definition) is 6. The normalized spacial score (nSPS) is 22.1. The minimum absolute atomic E-state index is 0.0603. The fourth-order valence-electron chi connectivity index (χ4n) is 8.52. The van der Waals surface area contributed by atoms with Gasteiger partial charge in [0.1, 0.15) is 17.5 Å². The molecule has 0 radical (unpaired) electrons. The third kappa shape index (κ3) is 8.69. The van der Waals surface area contributed by atoms with Crippen molar-refractivity contribution in [2.75, 3.05) is 13.1 Å². The van der Waals surface area contributed by atoms with E-state index in [1.165, 1.54) is 5.56 Å². The van der Waals surface area contributed by atoms with E-state index in [4.69, 9.17) is 9.72 Å². The van der Waals surface area contributed by atoms with E-state index in [1.807, 2.05) is 78.7 Å². The number of nitrogens with one attached hydrogen (secondary N) is 2. The van der Waals surface area contributed by atoms with Gasteiger partial charge >= 0.3 is 6.09 Å². The summed E-state index contributed by atoms with van der Waals surface area (Å²) in [5.41, 5.74) is 4.20. The molecule has 3 aliphatic rings. The van der Waals surface area contributed by atoms with Gasteiger partial charge in [-0.2, -0.15) is 0 Å². The van der Waals surface area contributed by atoms with Crippen molar-refractivity contribution >= 4 is 23.7 Å². The van der Waals surface area contributed by atoms with Crippen LogP contribution in [0.2, 0.25) is 0 Å². The van der Waals surface area contributed by atoms with Crippen LogP contribution in [0.1, 0.15) is 119 Å². The Morgan fingerprint density at radius 3 is 2.15 bits per heavy atom. The maximum atomic E-state index is 14.0. The molecule has 3 fully saturated rings. The maximum Gasteiger partial charge on any atom is 0.408 e. The number of hydrogen-bond donors (Lipinski definition) is 2. The fourth-order valence-corrected chi connectivity index (χ4v) is 8.52. The number of ether oxygens (including phenoxy) is 1. The first kappa shape index (κ1) is 38.0. The van der Waals surface area contributed by atoms with Gasteiger partial charge in [-0.15, -0.1) is 0 Å². The van der Waals surface area contributed by atoms with Crippen LogP contribution in [0.15, 0.2) is 91.1 Å². The van der Waals surface area contributed by atoms with E-state index >= 15 is 0 Å². The highest BCUT2D eigenvalue weighted by atomic mass is 16.6. The molecule has 7 rings (SSSR count). The van der Waals surface area contributed by atoms with Crippen molar-refractivity contribution < 1.29 is 23.9 Å². The quantitative estimate of drug-likeness (QED) is 0.160. The molecule has 0 bridgehead atoms. The van der Waals surface area contributed by atoms with Gasteiger partial charge in [-0.05, 0) is 100 Å². The summed E-state index contributed by atoms with van der Waals surface area (Å²) in [5, 5.41) is 2.77. The standard InChI is InChI=1S/C45H53N5O5/c1-29(31-13-7-5-8-14-31)42(52)50-24-12-18-38(50)41-46-28-36(47-41)33-21-19-32(20-22-33)35-25-30(26-35)27-39(51)37-17-11-23-49(37)43(53)40(34-15-9-6-10-16-34)48-44(54)55-45(2,3)4/h5-10,13-16,19-22,28-30,35,37-38,40H,11-12,17-18,23-27H2,1-4H3,(H,46,47)(H,48,54)/t29-,30?,35?,37+,38+,40-/m1/s1. The van der Waals surface area contributed by atoms with Crippen molar-refractivity contribution in [1.82, 2.24) is 25.1 Å². The van der Waals surface area contributed by atoms with E-state index in [2.05, 4.69) is 34.6 Å². The first-order chi connectivity index (χ1) is 26.4. The molecule has 288 valence electrons. The number of benzene rings is 3. The first-order valence-electron chi connectivity index (χ1n) is 19.8. The van der Waals surface area contributed by atoms with E-state index in [0.29, 0.717) is 30.9 Å². The summed E-state index contributed by atoms with van der Waals surface area (Å²) in [7, 11) is 0. The van der Waals surface area contributed by atoms with Crippen molar-refractivity contribution in [2.45, 2.75) is 108 Å². The second kappa shape index (κ2) is 16.2. The highest BCUT2D eigenvalue weighted by Crippen LogP contribution is 2.44. The Morgan fingerprint density at radius 2 is 1.47 bits per heavy atom. The highest BCUT2D eigenvalue weighted by molar-refractivity contribution is 5.93. The van der Waals surface area contributed by atoms with Gasteiger partial charge in [-0.3, -0.25) is 14.4 Å². The largest absolute Gasteiger partial charge is 0.444 e. The lowest BCUT2D eigenvalue weighted by Crippen LogP contribution is -2.48. The summed E-state index contributed by atoms with van der Waals surface area (Å²) in [6.07, 6.45) is 6.72. The number of ketones is 1. The molecular weight excluding hydrogens is 691 g/mol. The van der Waals surface area contributed by atoms with E-state index in [1.54, 1.807) is 25.7 Å². The molecule has 4 atom stereocenters. The van der Waals surface area contributed by atoms with Crippen molar-refractivity contribution in [1.29, 1.82) is 0 Å². The van der Waals surface area contributed by atoms with Gasteiger partial charge in [0.25, 0.3) is 5.91 Å². The molecule has 10 heteroatoms. The minimum Gasteiger partial charge on any atom is -0.444 e. The van der Waals surface area contributed by atoms with Gasteiger partial charge in [0.05, 0.1) is 29.9 Å². The van der Waals surface area contributed by atoms with E-state index in [0.717, 1.165) is 61.3 Å². The lowest BCUT2D eigenvalue weighted by molar-refractivity contribution is -0.140. The van der Waals surface area contributed by atoms with Crippen LogP contribution in [-0.2, 0) is 19.1 Å². The summed E-state index contributed by atoms with van der Waals surface area (Å²) in [4.78, 5) is 65.8. The van der Waals surface area contributed by atoms with Crippen molar-refractivity contribution in [3.63, 3.8) is 0 Å². The SMILES string of the molecule is C[C@@H](C(=O)N1CCC[C@H]1c1ncc(-c2ccc(C3CC(CC(=O)[C@@H]4CCCN4C(=O)[C@H](NC(=O)OC(C)(C)C)c4ccccc4)C3)cc2)[nH]1)c1ccccc1. The Labute approximate surface area is 324 Å². The molecule has 2 N–H and O–H groups in total. The summed E-state index contributed by atoms with van der Waals surface area (Å²) in [5.74, 6) is 1.23. The first-order valence-corrected chi connectivity index (χ1v) is 19.8. The Balaban J connectivity index is 0.929. The molecule has 0 spiro atoms. The summed E-state index contributed by atoms with van der Waals surface area (Å²) < 4.78 is 5.47. The number of Topliss-reactive ketones (excluding diaryl/α,β-unsaturated/α-hetero) is 1. The second-order valence-corrected chi connectivity index (χ2v) is 16.5. The lowest BCUT2D eigenvalue weighted by Gasteiger charge is -2.37. The molecule has 1 aromatic heterocycles. The zero-order chi connectivity index (χ0) is 38.7. The van der Waals surface area contributed by atoms with E-state index < -0.39 is 23.8 Å². The number of alkyl carbamates (subject to hydrolysis) is 1. The average molecular weight is 744 g/mol. The number of aromatic amines is 1. The van der Waals surface area contributed by atoms with Crippen LogP contribution in [-0.4, -0.2) is 68.2 Å². The molecule has 1 aliphatic carbocycles. The molecule has 3 amide bonds. The molecule has 4 aromatic rings. The summed E-state index contributed by atoms with van der Waals surface area (Å²) >= 11 is 0. The van der Waals surface area contributed by atoms with Gasteiger partial charge in [-0.25, -0.2) is 9.78 Å². The van der Waals surface area contributed by atoms with Gasteiger partial charge in [-0.1, -0.05) is 84.9 Å². The third-order valence-corrected chi connectivity index (χ3v) is 11.5. The Morgan fingerprint density at radius 1 is 0.836 bits per heavy atom. The fraction of sp³-hybridized carbons (Fsp3) is 0.444. The van der Waals surface area contributed by atoms with Gasteiger partial charge in [0, 0.05) is 19.5 Å². The topological polar surface area (TPSA) is 125 Å². The number of likely N-dealkylation sites (tertiary alicyclic amines) is 2. The average Bonchev–Trinajstić information content (AvgIpc) is 3.96. The number of amides is 3. The third-order valence-electron chi connectivity index (χ3n) is 11.5. The molecule has 3 aromatic carbocycles. The van der Waals surface area contributed by atoms with Crippen LogP contribution in [0, 0.1) is 5.92 Å². The smallest absolute Gasteiger partial charge is 0.408 e. The number of carbonyl (C=O) groups excluding carboxylic acids is 4. The summed E-state index contributed by atoms with van der Waals surface area (Å²) in [6.45, 7) is 8.53. The van der Waals surface area contributed by atoms with Crippen LogP contribution in [0.5, 0.6) is 0 Å². The van der Waals surface area contributed by atoms with Crippen LogP contribution >= 0.6 is 0 Å². The van der Waals surface area contributed by atoms with Crippen molar-refractivity contribution in [2.24, 2.45) is 5.92 Å². The van der Waals surface area contributed by atoms with Crippen molar-refractivity contribution in [3.8, 4) is 11.3 Å². The maximum absolute atomic E-state index is 14.0. The highest BCUT2D eigenvalue weighted by Gasteiger charge is 2.41. The number of nitrogens with zero attached hydrogens (tertiary/aromatic N) is 3. The van der Waals surface area contributed by atoms with Crippen LogP contribution in [0.4, 0.5) is 4.79 Å². The van der Waals surface area contributed by atoms with Crippen LogP contribution in [0.3, 0.4) is 0 Å². The predicted molar refractivity (Wildman–Crippen MR) is 211 cm³/mol. The predicted octanol–water partition coefficient (Wildman–Crippen LogP) is 8.25. The van der Waals surface area contributed by atoms with Gasteiger partial charge in [0.2, 0.25) is 5.91 Å². The van der Waals surface area contributed by atoms with E-state index in [-0.39, 0.29) is 35.5 Å². The molecule has 2 aliphatic heterocycles. The molecule has 2 saturated heterocycles. The molecule has 1 saturated carbocycles. The number of aromatic nitrogens is 2. The molecule has 55 heavy (non-hydrogen) atoms. The molecular formula is C45H53N5O5. The second-order valence-electron chi connectivity index (χ2n) is 16.5. The zero-order valence-corrected chi connectivity index (χ0v) is 32.4. The monoisotopic (exact) mass is 743 g/mol. The molecule has 3 heterocycles. The van der Waals surface area contributed by atoms with Gasteiger partial charge < -0.3 is 24.8 Å². The van der Waals surface area contributed by atoms with Crippen LogP contribution < -0.4 is 5.32 Å². The number of carbonyl (C=O) groups is 4. The Kier molecular flexibility index (Phi) is 11.2. The number of rotatable bonds is 11. The zero-order valence-electron chi connectivity index (χ0n) is 32.4. The minimum atomic E-state index is -0.941. The lowest BCUT2D eigenvalue weighted by atomic mass is 9.69. The Hall–Kier alpha value is -5.25. The van der Waals surface area contributed by atoms with Crippen LogP contribution in [0.25, 0.3) is 11.3 Å². The number of imidazole rings is 1. The van der Waals surface area contributed by atoms with E-state index in [9.17, 15) is 19.2 Å². The molecule has 0 unspecified atom stereocenters. The van der Waals surface area contributed by atoms with Crippen molar-refractivity contribution in [3.05, 3.63) is 114 Å². The van der Waals surface area contributed by atoms with Gasteiger partial charge in [0.15, 0.2) is 5.78 Å². The number of H-pyrrole nitrogens is 1. The molecule has 10 nitrogen and oxygen atoms in total.